The fraction of sp³-hybridized carbons (Fsp3) is 0.290. The molecule has 190 valence electrons. The monoisotopic (exact) mass is 498 g/mol. The zero-order chi connectivity index (χ0) is 25.9. The molecule has 0 bridgehead atoms. The van der Waals surface area contributed by atoms with E-state index < -0.39 is 0 Å². The van der Waals surface area contributed by atoms with Gasteiger partial charge in [0.05, 0.1) is 12.2 Å². The van der Waals surface area contributed by atoms with Crippen LogP contribution in [0, 0.1) is 17.7 Å². The summed E-state index contributed by atoms with van der Waals surface area (Å²) in [7, 11) is 0. The number of rotatable bonds is 5. The van der Waals surface area contributed by atoms with Crippen LogP contribution in [0.5, 0.6) is 5.75 Å². The summed E-state index contributed by atoms with van der Waals surface area (Å²) in [4.78, 5) is 27.8. The van der Waals surface area contributed by atoms with Crippen LogP contribution in [0.1, 0.15) is 54.6 Å². The third-order valence-electron chi connectivity index (χ3n) is 7.61. The summed E-state index contributed by atoms with van der Waals surface area (Å²) in [5, 5.41) is 3.20. The summed E-state index contributed by atoms with van der Waals surface area (Å²) >= 11 is 0. The van der Waals surface area contributed by atoms with Crippen molar-refractivity contribution in [1.29, 1.82) is 0 Å². The van der Waals surface area contributed by atoms with Gasteiger partial charge in [-0.25, -0.2) is 4.39 Å². The van der Waals surface area contributed by atoms with Gasteiger partial charge in [0.1, 0.15) is 5.82 Å². The Morgan fingerprint density at radius 2 is 1.76 bits per heavy atom. The Morgan fingerprint density at radius 1 is 1.03 bits per heavy atom. The Bertz CT molecular complexity index is 1330. The van der Waals surface area contributed by atoms with Gasteiger partial charge >= 0.3 is 0 Å². The summed E-state index contributed by atoms with van der Waals surface area (Å²) in [6, 6.07) is 20.9. The smallest absolute Gasteiger partial charge is 0.294 e. The van der Waals surface area contributed by atoms with Crippen LogP contribution in [-0.4, -0.2) is 17.9 Å². The normalized spacial score (nSPS) is 22.4. The second kappa shape index (κ2) is 10.6. The number of benzene rings is 3. The van der Waals surface area contributed by atoms with Crippen molar-refractivity contribution < 1.29 is 18.7 Å². The van der Waals surface area contributed by atoms with Gasteiger partial charge in [-0.1, -0.05) is 69.2 Å². The highest BCUT2D eigenvalue weighted by atomic mass is 19.1. The maximum absolute atomic E-state index is 14.4. The number of hydrogen-bond acceptors (Lipinski definition) is 3. The van der Waals surface area contributed by atoms with E-state index in [-0.39, 0.29) is 36.0 Å². The van der Waals surface area contributed by atoms with Gasteiger partial charge in [0.25, 0.3) is 11.8 Å². The largest absolute Gasteiger partial charge is 0.449 e. The molecule has 3 aromatic rings. The van der Waals surface area contributed by atoms with Gasteiger partial charge in [-0.05, 0) is 60.2 Å². The lowest BCUT2D eigenvalue weighted by atomic mass is 9.78. The molecule has 3 atom stereocenters. The highest BCUT2D eigenvalue weighted by Gasteiger charge is 2.31. The van der Waals surface area contributed by atoms with Crippen LogP contribution >= 0.6 is 0 Å². The quantitative estimate of drug-likeness (QED) is 0.417. The Morgan fingerprint density at radius 3 is 2.54 bits per heavy atom. The summed E-state index contributed by atoms with van der Waals surface area (Å²) in [5.74, 6) is 0.907. The third kappa shape index (κ3) is 5.29. The Labute approximate surface area is 217 Å². The molecule has 2 aliphatic rings. The number of carbonyl (C=O) groups is 2. The van der Waals surface area contributed by atoms with E-state index in [1.54, 1.807) is 60.7 Å². The highest BCUT2D eigenvalue weighted by Crippen LogP contribution is 2.37. The lowest BCUT2D eigenvalue weighted by molar-refractivity contribution is -0.117. The van der Waals surface area contributed by atoms with E-state index in [2.05, 4.69) is 19.2 Å². The molecule has 0 spiro atoms. The second-order valence-electron chi connectivity index (χ2n) is 10.0. The number of hydrogen-bond donors (Lipinski definition) is 1. The van der Waals surface area contributed by atoms with E-state index in [1.807, 2.05) is 12.1 Å². The van der Waals surface area contributed by atoms with Crippen molar-refractivity contribution in [3.8, 4) is 5.75 Å². The van der Waals surface area contributed by atoms with E-state index in [1.165, 1.54) is 17.4 Å². The number of fused-ring (bicyclic) bond motifs is 1. The van der Waals surface area contributed by atoms with E-state index in [0.717, 1.165) is 18.4 Å². The van der Waals surface area contributed by atoms with Crippen LogP contribution in [0.3, 0.4) is 0 Å². The number of halogens is 1. The molecule has 2 amide bonds. The van der Waals surface area contributed by atoms with Crippen molar-refractivity contribution in [3.05, 3.63) is 101 Å². The second-order valence-corrected chi connectivity index (χ2v) is 10.0. The van der Waals surface area contributed by atoms with E-state index in [0.29, 0.717) is 34.4 Å². The molecule has 37 heavy (non-hydrogen) atoms. The van der Waals surface area contributed by atoms with Gasteiger partial charge < -0.3 is 10.1 Å². The maximum atomic E-state index is 14.4. The summed E-state index contributed by atoms with van der Waals surface area (Å²) in [6.07, 6.45) is 5.00. The molecule has 3 aromatic carbocycles. The van der Waals surface area contributed by atoms with Crippen molar-refractivity contribution in [1.82, 2.24) is 5.32 Å². The number of carbonyl (C=O) groups excluding carboxylic acids is 2. The molecule has 0 saturated heterocycles. The lowest BCUT2D eigenvalue weighted by Gasteiger charge is -2.34. The van der Waals surface area contributed by atoms with Crippen LogP contribution in [-0.2, 0) is 11.3 Å². The van der Waals surface area contributed by atoms with Crippen LogP contribution < -0.4 is 15.0 Å². The van der Waals surface area contributed by atoms with Gasteiger partial charge in [0.2, 0.25) is 0 Å². The summed E-state index contributed by atoms with van der Waals surface area (Å²) in [6.45, 7) is 4.54. The minimum absolute atomic E-state index is 0.0832. The van der Waals surface area contributed by atoms with Crippen molar-refractivity contribution >= 4 is 23.6 Å². The first kappa shape index (κ1) is 24.8. The van der Waals surface area contributed by atoms with E-state index in [9.17, 15) is 14.0 Å². The molecule has 3 unspecified atom stereocenters. The molecular formula is C31H31FN2O3. The van der Waals surface area contributed by atoms with Crippen molar-refractivity contribution in [2.24, 2.45) is 11.8 Å². The summed E-state index contributed by atoms with van der Waals surface area (Å²) < 4.78 is 20.3. The van der Waals surface area contributed by atoms with Crippen LogP contribution in [0.4, 0.5) is 10.1 Å². The van der Waals surface area contributed by atoms with Crippen LogP contribution in [0.25, 0.3) is 6.08 Å². The number of para-hydroxylation sites is 2. The minimum atomic E-state index is -0.365. The average molecular weight is 499 g/mol. The fourth-order valence-corrected chi connectivity index (χ4v) is 5.14. The molecule has 1 aliphatic carbocycles. The van der Waals surface area contributed by atoms with E-state index >= 15 is 0 Å². The molecule has 0 aromatic heterocycles. The maximum Gasteiger partial charge on any atom is 0.294 e. The van der Waals surface area contributed by atoms with Gasteiger partial charge in [0.15, 0.2) is 11.5 Å². The standard InChI is InChI=1S/C31H31FN2O3/c1-20-8-7-11-26(21(20)2)33-30(35)23-16-14-22(15-17-23)18-29-31(36)34(19-24-9-3-4-10-25(24)32)27-12-5-6-13-28(27)37-29/h3-6,9-10,12-18,20-21,26H,7-8,11,19H2,1-2H3,(H,33,35). The molecule has 6 heteroatoms. The molecule has 5 rings (SSSR count). The Kier molecular flexibility index (Phi) is 7.08. The predicted octanol–water partition coefficient (Wildman–Crippen LogP) is 6.35. The topological polar surface area (TPSA) is 58.6 Å². The fourth-order valence-electron chi connectivity index (χ4n) is 5.14. The molecule has 1 aliphatic heterocycles. The first-order valence-electron chi connectivity index (χ1n) is 12.9. The van der Waals surface area contributed by atoms with Crippen LogP contribution in [0.15, 0.2) is 78.6 Å². The highest BCUT2D eigenvalue weighted by molar-refractivity contribution is 6.09. The van der Waals surface area contributed by atoms with Crippen molar-refractivity contribution in [2.75, 3.05) is 4.90 Å². The SMILES string of the molecule is CC1CCCC(NC(=O)c2ccc(C=C3Oc4ccccc4N(Cc4ccccc4F)C3=O)cc2)C1C. The predicted molar refractivity (Wildman–Crippen MR) is 143 cm³/mol. The number of anilines is 1. The van der Waals surface area contributed by atoms with Gasteiger partial charge in [-0.15, -0.1) is 0 Å². The molecular weight excluding hydrogens is 467 g/mol. The zero-order valence-electron chi connectivity index (χ0n) is 21.1. The zero-order valence-corrected chi connectivity index (χ0v) is 21.1. The molecule has 1 saturated carbocycles. The van der Waals surface area contributed by atoms with Gasteiger partial charge in [-0.3, -0.25) is 14.5 Å². The average Bonchev–Trinajstić information content (AvgIpc) is 2.90. The first-order valence-corrected chi connectivity index (χ1v) is 12.9. The van der Waals surface area contributed by atoms with Gasteiger partial charge in [0, 0.05) is 17.2 Å². The summed E-state index contributed by atoms with van der Waals surface area (Å²) in [5.41, 5.74) is 2.31. The van der Waals surface area contributed by atoms with Crippen LogP contribution in [0.2, 0.25) is 0 Å². The van der Waals surface area contributed by atoms with Crippen molar-refractivity contribution in [2.45, 2.75) is 45.7 Å². The Balaban J connectivity index is 1.35. The minimum Gasteiger partial charge on any atom is -0.449 e. The first-order chi connectivity index (χ1) is 17.9. The lowest BCUT2D eigenvalue weighted by Crippen LogP contribution is -2.43. The Hall–Kier alpha value is -3.93. The van der Waals surface area contributed by atoms with Crippen molar-refractivity contribution in [3.63, 3.8) is 0 Å². The number of amides is 2. The van der Waals surface area contributed by atoms with Gasteiger partial charge in [-0.2, -0.15) is 0 Å². The third-order valence-corrected chi connectivity index (χ3v) is 7.61. The molecule has 1 fully saturated rings. The number of nitrogens with one attached hydrogen (secondary N) is 1. The molecule has 1 heterocycles. The molecule has 0 radical (unpaired) electrons. The number of ether oxygens (including phenoxy) is 1. The number of nitrogens with zero attached hydrogens (tertiary/aromatic N) is 1. The molecule has 1 N–H and O–H groups in total. The van der Waals surface area contributed by atoms with E-state index in [4.69, 9.17) is 4.74 Å². The molecule has 5 nitrogen and oxygen atoms in total.